The van der Waals surface area contributed by atoms with E-state index in [0.29, 0.717) is 17.5 Å². The van der Waals surface area contributed by atoms with Crippen molar-refractivity contribution in [2.45, 2.75) is 37.8 Å². The molecule has 2 heterocycles. The largest absolute Gasteiger partial charge is 0.424 e. The van der Waals surface area contributed by atoms with Crippen LogP contribution in [0.5, 0.6) is 0 Å². The molecule has 0 bridgehead atoms. The van der Waals surface area contributed by atoms with Crippen molar-refractivity contribution in [3.63, 3.8) is 0 Å². The number of aromatic nitrogens is 1. The predicted octanol–water partition coefficient (Wildman–Crippen LogP) is 4.31. The van der Waals surface area contributed by atoms with Crippen LogP contribution in [-0.2, 0) is 28.2 Å². The Hall–Kier alpha value is -3.23. The molecule has 1 N–H and O–H groups in total. The molecule has 4 rings (SSSR count). The molecule has 1 aliphatic rings. The monoisotopic (exact) mass is 456 g/mol. The summed E-state index contributed by atoms with van der Waals surface area (Å²) in [5.41, 5.74) is -2.19. The standard InChI is InChI=1S/C25H23F3N2O3/c1-17-7-5-11-20(15-17)24(32,25(26,27)28)21(33-16-18-8-3-2-4-9-18)23(31)30-14-12-19-10-6-13-29-22(19)30/h2-11,13,15,21,32H,12,14,16H2,1H3/t21-,24?/m0/s1. The molecule has 33 heavy (non-hydrogen) atoms. The summed E-state index contributed by atoms with van der Waals surface area (Å²) in [5.74, 6) is -0.714. The first kappa shape index (κ1) is 22.9. The molecule has 0 saturated heterocycles. The van der Waals surface area contributed by atoms with Gasteiger partial charge in [-0.15, -0.1) is 0 Å². The average molecular weight is 456 g/mol. The Morgan fingerprint density at radius 1 is 1.12 bits per heavy atom. The fourth-order valence-electron chi connectivity index (χ4n) is 4.03. The van der Waals surface area contributed by atoms with E-state index in [0.717, 1.165) is 16.5 Å². The van der Waals surface area contributed by atoms with Crippen LogP contribution in [0.1, 0.15) is 22.3 Å². The van der Waals surface area contributed by atoms with Crippen LogP contribution >= 0.6 is 0 Å². The second-order valence-corrected chi connectivity index (χ2v) is 8.04. The van der Waals surface area contributed by atoms with E-state index in [-0.39, 0.29) is 19.0 Å². The number of carbonyl (C=O) groups is 1. The van der Waals surface area contributed by atoms with E-state index >= 15 is 0 Å². The van der Waals surface area contributed by atoms with Crippen molar-refractivity contribution in [2.75, 3.05) is 11.4 Å². The lowest BCUT2D eigenvalue weighted by Gasteiger charge is -2.38. The Labute approximate surface area is 189 Å². The van der Waals surface area contributed by atoms with Crippen LogP contribution in [0.2, 0.25) is 0 Å². The molecule has 0 spiro atoms. The number of carbonyl (C=O) groups excluding carboxylic acids is 1. The Morgan fingerprint density at radius 2 is 1.88 bits per heavy atom. The molecule has 1 aromatic heterocycles. The summed E-state index contributed by atoms with van der Waals surface area (Å²) in [7, 11) is 0. The molecule has 0 fully saturated rings. The predicted molar refractivity (Wildman–Crippen MR) is 116 cm³/mol. The van der Waals surface area contributed by atoms with Crippen LogP contribution in [0.25, 0.3) is 0 Å². The van der Waals surface area contributed by atoms with Crippen LogP contribution in [0.3, 0.4) is 0 Å². The van der Waals surface area contributed by atoms with Gasteiger partial charge in [0.15, 0.2) is 6.10 Å². The summed E-state index contributed by atoms with van der Waals surface area (Å²) in [6.07, 6.45) is -5.51. The number of hydrogen-bond donors (Lipinski definition) is 1. The van der Waals surface area contributed by atoms with E-state index in [9.17, 15) is 23.1 Å². The summed E-state index contributed by atoms with van der Waals surface area (Å²) >= 11 is 0. The molecule has 2 atom stereocenters. The Bertz CT molecular complexity index is 1140. The van der Waals surface area contributed by atoms with Gasteiger partial charge in [-0.1, -0.05) is 66.2 Å². The first-order chi connectivity index (χ1) is 15.7. The zero-order valence-corrected chi connectivity index (χ0v) is 17.9. The number of nitrogens with zero attached hydrogens (tertiary/aromatic N) is 2. The van der Waals surface area contributed by atoms with Gasteiger partial charge in [-0.05, 0) is 36.1 Å². The number of hydrogen-bond acceptors (Lipinski definition) is 4. The number of fused-ring (bicyclic) bond motifs is 1. The lowest BCUT2D eigenvalue weighted by molar-refractivity contribution is -0.299. The third-order valence-corrected chi connectivity index (χ3v) is 5.75. The van der Waals surface area contributed by atoms with Crippen molar-refractivity contribution >= 4 is 11.7 Å². The van der Waals surface area contributed by atoms with E-state index < -0.39 is 29.4 Å². The van der Waals surface area contributed by atoms with Gasteiger partial charge in [-0.2, -0.15) is 13.2 Å². The summed E-state index contributed by atoms with van der Waals surface area (Å²) < 4.78 is 49.2. The van der Waals surface area contributed by atoms with Crippen molar-refractivity contribution in [1.82, 2.24) is 4.98 Å². The first-order valence-electron chi connectivity index (χ1n) is 10.5. The normalized spacial score (nSPS) is 16.2. The Morgan fingerprint density at radius 3 is 2.58 bits per heavy atom. The molecule has 0 radical (unpaired) electrons. The Balaban J connectivity index is 1.79. The van der Waals surface area contributed by atoms with Crippen molar-refractivity contribution in [1.29, 1.82) is 0 Å². The third-order valence-electron chi connectivity index (χ3n) is 5.75. The number of rotatable bonds is 6. The smallest absolute Gasteiger partial charge is 0.374 e. The molecule has 0 saturated carbocycles. The van der Waals surface area contributed by atoms with Gasteiger partial charge in [-0.25, -0.2) is 4.98 Å². The maximum atomic E-state index is 14.5. The van der Waals surface area contributed by atoms with E-state index in [2.05, 4.69) is 4.98 Å². The van der Waals surface area contributed by atoms with Gasteiger partial charge in [0, 0.05) is 12.7 Å². The molecule has 2 aromatic carbocycles. The summed E-state index contributed by atoms with van der Waals surface area (Å²) in [6, 6.07) is 17.4. The van der Waals surface area contributed by atoms with Gasteiger partial charge in [0.2, 0.25) is 5.60 Å². The van der Waals surface area contributed by atoms with Gasteiger partial charge in [0.1, 0.15) is 5.82 Å². The molecular formula is C25H23F3N2O3. The minimum atomic E-state index is -5.19. The van der Waals surface area contributed by atoms with Crippen molar-refractivity contribution in [2.24, 2.45) is 0 Å². The SMILES string of the molecule is Cc1cccc(C(O)([C@@H](OCc2ccccc2)C(=O)N2CCc3cccnc32)C(F)(F)F)c1. The number of ether oxygens (including phenoxy) is 1. The highest BCUT2D eigenvalue weighted by Crippen LogP contribution is 2.44. The molecule has 1 unspecified atom stereocenters. The minimum Gasteiger partial charge on any atom is -0.374 e. The molecule has 0 aliphatic carbocycles. The molecule has 8 heteroatoms. The van der Waals surface area contributed by atoms with Crippen LogP contribution in [0, 0.1) is 6.92 Å². The molecule has 1 aliphatic heterocycles. The number of amides is 1. The molecule has 172 valence electrons. The van der Waals surface area contributed by atoms with E-state index in [1.807, 2.05) is 0 Å². The van der Waals surface area contributed by atoms with Crippen LogP contribution < -0.4 is 4.90 Å². The lowest BCUT2D eigenvalue weighted by atomic mass is 9.85. The highest BCUT2D eigenvalue weighted by molar-refractivity contribution is 5.98. The number of anilines is 1. The number of benzene rings is 2. The van der Waals surface area contributed by atoms with Gasteiger partial charge in [0.25, 0.3) is 5.91 Å². The fraction of sp³-hybridized carbons (Fsp3) is 0.280. The first-order valence-corrected chi connectivity index (χ1v) is 10.5. The zero-order valence-electron chi connectivity index (χ0n) is 17.9. The molecule has 1 amide bonds. The Kier molecular flexibility index (Phi) is 6.23. The topological polar surface area (TPSA) is 62.7 Å². The molecule has 5 nitrogen and oxygen atoms in total. The highest BCUT2D eigenvalue weighted by atomic mass is 19.4. The third kappa shape index (κ3) is 4.36. The number of alkyl halides is 3. The van der Waals surface area contributed by atoms with E-state index in [4.69, 9.17) is 4.74 Å². The van der Waals surface area contributed by atoms with Crippen molar-refractivity contribution < 1.29 is 27.8 Å². The van der Waals surface area contributed by atoms with Crippen molar-refractivity contribution in [3.8, 4) is 0 Å². The summed E-state index contributed by atoms with van der Waals surface area (Å²) in [6.45, 7) is 1.48. The van der Waals surface area contributed by atoms with Gasteiger partial charge in [-0.3, -0.25) is 9.69 Å². The summed E-state index contributed by atoms with van der Waals surface area (Å²) in [5, 5.41) is 11.2. The maximum absolute atomic E-state index is 14.5. The number of pyridine rings is 1. The van der Waals surface area contributed by atoms with Crippen LogP contribution in [0.15, 0.2) is 72.9 Å². The van der Waals surface area contributed by atoms with E-state index in [1.54, 1.807) is 55.5 Å². The van der Waals surface area contributed by atoms with Crippen molar-refractivity contribution in [3.05, 3.63) is 95.2 Å². The maximum Gasteiger partial charge on any atom is 0.424 e. The van der Waals surface area contributed by atoms with Gasteiger partial charge >= 0.3 is 6.18 Å². The zero-order chi connectivity index (χ0) is 23.6. The summed E-state index contributed by atoms with van der Waals surface area (Å²) in [4.78, 5) is 18.9. The number of aryl methyl sites for hydroxylation is 1. The second-order valence-electron chi connectivity index (χ2n) is 8.04. The molecule has 3 aromatic rings. The van der Waals surface area contributed by atoms with Gasteiger partial charge in [0.05, 0.1) is 6.61 Å². The lowest BCUT2D eigenvalue weighted by Crippen LogP contribution is -2.59. The quantitative estimate of drug-likeness (QED) is 0.600. The number of halogens is 3. The fourth-order valence-corrected chi connectivity index (χ4v) is 4.03. The second kappa shape index (κ2) is 8.96. The van der Waals surface area contributed by atoms with Crippen LogP contribution in [0.4, 0.5) is 19.0 Å². The minimum absolute atomic E-state index is 0.151. The van der Waals surface area contributed by atoms with Crippen LogP contribution in [-0.4, -0.2) is 34.8 Å². The van der Waals surface area contributed by atoms with Gasteiger partial charge < -0.3 is 9.84 Å². The molecular weight excluding hydrogens is 433 g/mol. The van der Waals surface area contributed by atoms with E-state index in [1.165, 1.54) is 18.3 Å². The number of aliphatic hydroxyl groups is 1. The highest BCUT2D eigenvalue weighted by Gasteiger charge is 2.63. The average Bonchev–Trinajstić information content (AvgIpc) is 3.23.